The van der Waals surface area contributed by atoms with E-state index in [2.05, 4.69) is 61.4 Å². The van der Waals surface area contributed by atoms with Crippen LogP contribution in [0, 0.1) is 0 Å². The fraction of sp³-hybridized carbons (Fsp3) is 0.333. The summed E-state index contributed by atoms with van der Waals surface area (Å²) in [7, 11) is 0. The lowest BCUT2D eigenvalue weighted by molar-refractivity contribution is -0.120. The summed E-state index contributed by atoms with van der Waals surface area (Å²) in [5, 5.41) is 19.0. The number of ether oxygens (including phenoxy) is 1. The maximum absolute atomic E-state index is 12.3. The van der Waals surface area contributed by atoms with Crippen molar-refractivity contribution in [3.05, 3.63) is 77.4 Å². The van der Waals surface area contributed by atoms with Gasteiger partial charge in [0.2, 0.25) is 5.91 Å². The van der Waals surface area contributed by atoms with Gasteiger partial charge in [0, 0.05) is 73.0 Å². The van der Waals surface area contributed by atoms with Crippen molar-refractivity contribution in [3.63, 3.8) is 0 Å². The molecule has 0 aliphatic carbocycles. The molecule has 0 spiro atoms. The minimum absolute atomic E-state index is 0.0477. The first-order chi connectivity index (χ1) is 19.2. The van der Waals surface area contributed by atoms with Crippen LogP contribution >= 0.6 is 11.6 Å². The quantitative estimate of drug-likeness (QED) is 0.190. The number of anilines is 2. The lowest BCUT2D eigenvalue weighted by Crippen LogP contribution is -2.36. The number of aromatic amines is 1. The van der Waals surface area contributed by atoms with E-state index in [4.69, 9.17) is 16.3 Å². The van der Waals surface area contributed by atoms with E-state index in [-0.39, 0.29) is 5.91 Å². The van der Waals surface area contributed by atoms with Crippen LogP contribution in [0.4, 0.5) is 11.4 Å². The van der Waals surface area contributed by atoms with E-state index < -0.39 is 0 Å². The molecule has 0 saturated carbocycles. The Hall–Kier alpha value is -3.59. The second-order valence-electron chi connectivity index (χ2n) is 9.66. The van der Waals surface area contributed by atoms with Gasteiger partial charge in [0.25, 0.3) is 0 Å². The van der Waals surface area contributed by atoms with Crippen molar-refractivity contribution in [1.82, 2.24) is 20.8 Å². The van der Waals surface area contributed by atoms with E-state index >= 15 is 0 Å². The number of hydrogen-bond donors (Lipinski definition) is 4. The maximum Gasteiger partial charge on any atom is 0.221 e. The first-order valence-electron chi connectivity index (χ1n) is 13.5. The molecule has 5 rings (SSSR count). The zero-order chi connectivity index (χ0) is 26.9. The summed E-state index contributed by atoms with van der Waals surface area (Å²) in [6.45, 7) is 5.91. The molecular weight excluding hydrogens is 512 g/mol. The molecule has 1 fully saturated rings. The van der Waals surface area contributed by atoms with Crippen molar-refractivity contribution in [3.8, 4) is 11.1 Å². The smallest absolute Gasteiger partial charge is 0.221 e. The van der Waals surface area contributed by atoms with Gasteiger partial charge in [-0.2, -0.15) is 5.10 Å². The zero-order valence-electron chi connectivity index (χ0n) is 22.0. The highest BCUT2D eigenvalue weighted by molar-refractivity contribution is 6.33. The molecule has 1 aliphatic heterocycles. The number of fused-ring (bicyclic) bond motifs is 1. The Kier molecular flexibility index (Phi) is 9.32. The molecule has 0 radical (unpaired) electrons. The van der Waals surface area contributed by atoms with E-state index in [1.807, 2.05) is 36.5 Å². The SMILES string of the molecule is O=C(CCNCc1ccc(-c2ccccc2)c(Cl)c1)NCCCNc1cc(N2CCOCC2)cc2[nH]ncc12. The number of rotatable bonds is 12. The monoisotopic (exact) mass is 546 g/mol. The van der Waals surface area contributed by atoms with Gasteiger partial charge < -0.3 is 25.6 Å². The highest BCUT2D eigenvalue weighted by Crippen LogP contribution is 2.30. The third-order valence-electron chi connectivity index (χ3n) is 6.89. The van der Waals surface area contributed by atoms with Crippen molar-refractivity contribution >= 4 is 39.8 Å². The van der Waals surface area contributed by atoms with Crippen LogP contribution in [0.5, 0.6) is 0 Å². The molecule has 1 aromatic heterocycles. The first-order valence-corrected chi connectivity index (χ1v) is 13.9. The van der Waals surface area contributed by atoms with Crippen LogP contribution in [0.1, 0.15) is 18.4 Å². The molecule has 3 aromatic carbocycles. The van der Waals surface area contributed by atoms with Gasteiger partial charge in [-0.1, -0.05) is 54.1 Å². The zero-order valence-corrected chi connectivity index (χ0v) is 22.8. The first kappa shape index (κ1) is 27.0. The number of carbonyl (C=O) groups is 1. The standard InChI is InChI=1S/C30H35ClN6O2/c31-27-17-22(7-8-25(27)23-5-2-1-3-6-23)20-32-12-9-30(38)34-11-4-10-33-28-18-24(37-13-15-39-16-14-37)19-29-26(28)21-35-36-29/h1-3,5-8,17-19,21,32-33H,4,9-16,20H2,(H,34,38)(H,35,36). The van der Waals surface area contributed by atoms with Gasteiger partial charge in [-0.25, -0.2) is 0 Å². The Morgan fingerprint density at radius 2 is 1.87 bits per heavy atom. The summed E-state index contributed by atoms with van der Waals surface area (Å²) < 4.78 is 5.49. The summed E-state index contributed by atoms with van der Waals surface area (Å²) in [4.78, 5) is 14.6. The number of amides is 1. The second kappa shape index (κ2) is 13.5. The Bertz CT molecular complexity index is 1370. The molecule has 4 aromatic rings. The summed E-state index contributed by atoms with van der Waals surface area (Å²) in [6.07, 6.45) is 3.11. The Morgan fingerprint density at radius 1 is 1.03 bits per heavy atom. The van der Waals surface area contributed by atoms with Crippen molar-refractivity contribution in [2.75, 3.05) is 56.2 Å². The largest absolute Gasteiger partial charge is 0.384 e. The number of benzene rings is 3. The predicted octanol–water partition coefficient (Wildman–Crippen LogP) is 4.82. The van der Waals surface area contributed by atoms with E-state index in [9.17, 15) is 4.79 Å². The number of H-pyrrole nitrogens is 1. The van der Waals surface area contributed by atoms with Crippen LogP contribution in [-0.4, -0.2) is 62.0 Å². The van der Waals surface area contributed by atoms with Crippen LogP contribution < -0.4 is 20.9 Å². The molecule has 8 nitrogen and oxygen atoms in total. The molecule has 0 atom stereocenters. The van der Waals surface area contributed by atoms with Crippen molar-refractivity contribution < 1.29 is 9.53 Å². The van der Waals surface area contributed by atoms with Crippen LogP contribution in [0.15, 0.2) is 66.9 Å². The van der Waals surface area contributed by atoms with Crippen molar-refractivity contribution in [2.24, 2.45) is 0 Å². The number of morpholine rings is 1. The van der Waals surface area contributed by atoms with Crippen molar-refractivity contribution in [1.29, 1.82) is 0 Å². The number of nitrogens with one attached hydrogen (secondary N) is 4. The summed E-state index contributed by atoms with van der Waals surface area (Å²) >= 11 is 6.51. The molecule has 0 bridgehead atoms. The van der Waals surface area contributed by atoms with Gasteiger partial charge in [0.15, 0.2) is 0 Å². The van der Waals surface area contributed by atoms with Crippen LogP contribution in [0.25, 0.3) is 22.0 Å². The maximum atomic E-state index is 12.3. The minimum Gasteiger partial charge on any atom is -0.384 e. The van der Waals surface area contributed by atoms with Gasteiger partial charge in [-0.05, 0) is 35.7 Å². The van der Waals surface area contributed by atoms with E-state index in [0.29, 0.717) is 26.1 Å². The summed E-state index contributed by atoms with van der Waals surface area (Å²) in [6, 6.07) is 20.5. The summed E-state index contributed by atoms with van der Waals surface area (Å²) in [5.74, 6) is 0.0477. The second-order valence-corrected chi connectivity index (χ2v) is 10.1. The Morgan fingerprint density at radius 3 is 2.69 bits per heavy atom. The van der Waals surface area contributed by atoms with E-state index in [1.165, 1.54) is 0 Å². The minimum atomic E-state index is 0.0477. The van der Waals surface area contributed by atoms with Gasteiger partial charge in [-0.15, -0.1) is 0 Å². The fourth-order valence-electron chi connectivity index (χ4n) is 4.77. The van der Waals surface area contributed by atoms with E-state index in [0.717, 1.165) is 83.3 Å². The average molecular weight is 547 g/mol. The van der Waals surface area contributed by atoms with Gasteiger partial charge in [-0.3, -0.25) is 9.89 Å². The molecule has 0 unspecified atom stereocenters. The highest BCUT2D eigenvalue weighted by Gasteiger charge is 2.14. The molecule has 4 N–H and O–H groups in total. The number of halogens is 1. The average Bonchev–Trinajstić information content (AvgIpc) is 3.45. The van der Waals surface area contributed by atoms with Gasteiger partial charge in [0.05, 0.1) is 24.9 Å². The summed E-state index contributed by atoms with van der Waals surface area (Å²) in [5.41, 5.74) is 6.44. The molecule has 1 amide bonds. The van der Waals surface area contributed by atoms with Gasteiger partial charge in [0.1, 0.15) is 0 Å². The predicted molar refractivity (Wildman–Crippen MR) is 158 cm³/mol. The normalized spacial score (nSPS) is 13.5. The van der Waals surface area contributed by atoms with Crippen LogP contribution in [-0.2, 0) is 16.1 Å². The molecular formula is C30H35ClN6O2. The van der Waals surface area contributed by atoms with Crippen molar-refractivity contribution in [2.45, 2.75) is 19.4 Å². The van der Waals surface area contributed by atoms with Crippen LogP contribution in [0.3, 0.4) is 0 Å². The number of nitrogens with zero attached hydrogens (tertiary/aromatic N) is 2. The molecule has 2 heterocycles. The number of carbonyl (C=O) groups excluding carboxylic acids is 1. The molecule has 1 aliphatic rings. The number of aromatic nitrogens is 2. The van der Waals surface area contributed by atoms with Gasteiger partial charge >= 0.3 is 0 Å². The topological polar surface area (TPSA) is 94.3 Å². The third kappa shape index (κ3) is 7.29. The lowest BCUT2D eigenvalue weighted by Gasteiger charge is -2.29. The Balaban J connectivity index is 1.00. The lowest BCUT2D eigenvalue weighted by atomic mass is 10.0. The van der Waals surface area contributed by atoms with Crippen LogP contribution in [0.2, 0.25) is 5.02 Å². The molecule has 204 valence electrons. The highest BCUT2D eigenvalue weighted by atomic mass is 35.5. The molecule has 9 heteroatoms. The Labute approximate surface area is 234 Å². The molecule has 39 heavy (non-hydrogen) atoms. The third-order valence-corrected chi connectivity index (χ3v) is 7.20. The van der Waals surface area contributed by atoms with E-state index in [1.54, 1.807) is 0 Å². The number of hydrogen-bond acceptors (Lipinski definition) is 6. The fourth-order valence-corrected chi connectivity index (χ4v) is 5.08. The molecule has 1 saturated heterocycles.